The topological polar surface area (TPSA) is 21.1 Å². The van der Waals surface area contributed by atoms with Crippen LogP contribution in [0.3, 0.4) is 0 Å². The Labute approximate surface area is 106 Å². The van der Waals surface area contributed by atoms with E-state index in [4.69, 9.17) is 4.98 Å². The van der Waals surface area contributed by atoms with Gasteiger partial charge >= 0.3 is 0 Å². The van der Waals surface area contributed by atoms with Gasteiger partial charge in [-0.25, -0.2) is 9.29 Å². The Kier molecular flexibility index (Phi) is 3.07. The third kappa shape index (κ3) is 2.07. The smallest absolute Gasteiger partial charge is 0.184 e. The van der Waals surface area contributed by atoms with E-state index in [1.807, 2.05) is 0 Å². The molecule has 0 spiro atoms. The standard InChI is InChI=1S/C13H17N3S/c1-2-15-9-5-6-10-16-12-8-4-3-7-11(12)14-13(16)17-15/h3-4,7-8H,2,5-6,9-10H2,1H3. The minimum atomic E-state index is 1.08. The number of imidazole rings is 1. The van der Waals surface area contributed by atoms with E-state index in [2.05, 4.69) is 40.1 Å². The number of rotatable bonds is 1. The molecule has 0 bridgehead atoms. The Balaban J connectivity index is 2.07. The fourth-order valence-corrected chi connectivity index (χ4v) is 3.29. The summed E-state index contributed by atoms with van der Waals surface area (Å²) >= 11 is 1.80. The first-order valence-corrected chi connectivity index (χ1v) is 7.04. The highest BCUT2D eigenvalue weighted by Gasteiger charge is 2.16. The van der Waals surface area contributed by atoms with Crippen LogP contribution in [0.15, 0.2) is 29.4 Å². The minimum Gasteiger partial charge on any atom is -0.318 e. The van der Waals surface area contributed by atoms with Gasteiger partial charge < -0.3 is 4.57 Å². The van der Waals surface area contributed by atoms with Crippen molar-refractivity contribution in [2.45, 2.75) is 31.5 Å². The SMILES string of the molecule is CCN1CCCCn2c(nc3ccccc32)S1. The average molecular weight is 247 g/mol. The van der Waals surface area contributed by atoms with Crippen molar-refractivity contribution in [2.75, 3.05) is 13.1 Å². The molecule has 17 heavy (non-hydrogen) atoms. The lowest BCUT2D eigenvalue weighted by atomic mass is 10.3. The second-order valence-corrected chi connectivity index (χ2v) is 5.42. The predicted octanol–water partition coefficient (Wildman–Crippen LogP) is 3.16. The average Bonchev–Trinajstić information content (AvgIpc) is 2.66. The first-order valence-electron chi connectivity index (χ1n) is 6.26. The lowest BCUT2D eigenvalue weighted by Crippen LogP contribution is -2.20. The maximum atomic E-state index is 4.74. The van der Waals surface area contributed by atoms with Gasteiger partial charge in [0, 0.05) is 19.6 Å². The fraction of sp³-hybridized carbons (Fsp3) is 0.462. The van der Waals surface area contributed by atoms with Crippen LogP contribution in [0.4, 0.5) is 0 Å². The largest absolute Gasteiger partial charge is 0.318 e. The maximum Gasteiger partial charge on any atom is 0.184 e. The van der Waals surface area contributed by atoms with Gasteiger partial charge in [-0.2, -0.15) is 0 Å². The molecule has 0 aliphatic carbocycles. The number of hydrogen-bond donors (Lipinski definition) is 0. The summed E-state index contributed by atoms with van der Waals surface area (Å²) in [6.07, 6.45) is 2.51. The van der Waals surface area contributed by atoms with Gasteiger partial charge in [-0.05, 0) is 36.9 Å². The van der Waals surface area contributed by atoms with Gasteiger partial charge in [-0.3, -0.25) is 0 Å². The molecule has 2 aromatic rings. The molecule has 90 valence electrons. The molecule has 3 rings (SSSR count). The molecule has 0 saturated carbocycles. The van der Waals surface area contributed by atoms with Gasteiger partial charge in [0.25, 0.3) is 0 Å². The molecule has 0 fully saturated rings. The third-order valence-corrected chi connectivity index (χ3v) is 4.40. The Morgan fingerprint density at radius 1 is 1.24 bits per heavy atom. The van der Waals surface area contributed by atoms with Gasteiger partial charge in [0.1, 0.15) is 0 Å². The molecule has 0 amide bonds. The lowest BCUT2D eigenvalue weighted by Gasteiger charge is -2.22. The summed E-state index contributed by atoms with van der Waals surface area (Å²) < 4.78 is 4.76. The quantitative estimate of drug-likeness (QED) is 0.722. The zero-order valence-corrected chi connectivity index (χ0v) is 10.9. The Morgan fingerprint density at radius 3 is 2.94 bits per heavy atom. The third-order valence-electron chi connectivity index (χ3n) is 3.22. The molecule has 4 heteroatoms. The van der Waals surface area contributed by atoms with Gasteiger partial charge in [0.2, 0.25) is 0 Å². The molecular formula is C13H17N3S. The number of aromatic nitrogens is 2. The highest BCUT2D eigenvalue weighted by atomic mass is 32.2. The van der Waals surface area contributed by atoms with Crippen LogP contribution in [0.1, 0.15) is 19.8 Å². The summed E-state index contributed by atoms with van der Waals surface area (Å²) in [7, 11) is 0. The van der Waals surface area contributed by atoms with Gasteiger partial charge in [-0.15, -0.1) is 0 Å². The lowest BCUT2D eigenvalue weighted by molar-refractivity contribution is 0.438. The van der Waals surface area contributed by atoms with Crippen molar-refractivity contribution in [3.05, 3.63) is 24.3 Å². The first-order chi connectivity index (χ1) is 8.38. The van der Waals surface area contributed by atoms with Crippen molar-refractivity contribution in [3.63, 3.8) is 0 Å². The highest BCUT2D eigenvalue weighted by molar-refractivity contribution is 7.96. The zero-order valence-electron chi connectivity index (χ0n) is 10.1. The van der Waals surface area contributed by atoms with Crippen molar-refractivity contribution in [3.8, 4) is 0 Å². The number of aryl methyl sites for hydroxylation is 1. The van der Waals surface area contributed by atoms with Crippen LogP contribution in [0, 0.1) is 0 Å². The summed E-state index contributed by atoms with van der Waals surface area (Å²) in [6.45, 7) is 5.56. The summed E-state index contributed by atoms with van der Waals surface area (Å²) in [6, 6.07) is 8.43. The van der Waals surface area contributed by atoms with Crippen LogP contribution in [-0.2, 0) is 6.54 Å². The van der Waals surface area contributed by atoms with E-state index in [9.17, 15) is 0 Å². The fourth-order valence-electron chi connectivity index (χ4n) is 2.28. The summed E-state index contributed by atoms with van der Waals surface area (Å²) in [4.78, 5) is 4.74. The first kappa shape index (κ1) is 11.1. The normalized spacial score (nSPS) is 17.7. The van der Waals surface area contributed by atoms with Crippen molar-refractivity contribution in [1.82, 2.24) is 13.9 Å². The Morgan fingerprint density at radius 2 is 2.06 bits per heavy atom. The van der Waals surface area contributed by atoms with E-state index in [0.717, 1.165) is 23.8 Å². The molecule has 1 aliphatic heterocycles. The van der Waals surface area contributed by atoms with E-state index in [0.29, 0.717) is 0 Å². The van der Waals surface area contributed by atoms with Crippen molar-refractivity contribution in [1.29, 1.82) is 0 Å². The van der Waals surface area contributed by atoms with Gasteiger partial charge in [0.15, 0.2) is 5.16 Å². The minimum absolute atomic E-state index is 1.08. The summed E-state index contributed by atoms with van der Waals surface area (Å²) in [5, 5.41) is 1.15. The van der Waals surface area contributed by atoms with E-state index in [1.165, 1.54) is 24.9 Å². The molecule has 1 aromatic heterocycles. The predicted molar refractivity (Wildman–Crippen MR) is 72.1 cm³/mol. The van der Waals surface area contributed by atoms with Gasteiger partial charge in [0.05, 0.1) is 11.0 Å². The second-order valence-electron chi connectivity index (χ2n) is 4.35. The van der Waals surface area contributed by atoms with Crippen LogP contribution in [0.25, 0.3) is 11.0 Å². The van der Waals surface area contributed by atoms with E-state index < -0.39 is 0 Å². The van der Waals surface area contributed by atoms with Crippen molar-refractivity contribution in [2.24, 2.45) is 0 Å². The number of para-hydroxylation sites is 2. The van der Waals surface area contributed by atoms with Crippen molar-refractivity contribution >= 4 is 23.0 Å². The molecule has 0 radical (unpaired) electrons. The summed E-state index contributed by atoms with van der Waals surface area (Å²) in [5.41, 5.74) is 2.39. The zero-order chi connectivity index (χ0) is 11.7. The molecule has 0 unspecified atom stereocenters. The van der Waals surface area contributed by atoms with Crippen LogP contribution in [0.5, 0.6) is 0 Å². The molecule has 1 aliphatic rings. The Bertz CT molecular complexity index is 520. The number of hydrogen-bond acceptors (Lipinski definition) is 3. The molecule has 2 heterocycles. The second kappa shape index (κ2) is 4.70. The molecular weight excluding hydrogens is 230 g/mol. The Hall–Kier alpha value is -1.00. The highest BCUT2D eigenvalue weighted by Crippen LogP contribution is 2.28. The monoisotopic (exact) mass is 247 g/mol. The van der Waals surface area contributed by atoms with Crippen LogP contribution in [-0.4, -0.2) is 26.9 Å². The number of nitrogens with zero attached hydrogens (tertiary/aromatic N) is 3. The number of fused-ring (bicyclic) bond motifs is 3. The number of benzene rings is 1. The molecule has 3 nitrogen and oxygen atoms in total. The van der Waals surface area contributed by atoms with E-state index in [1.54, 1.807) is 11.9 Å². The summed E-state index contributed by atoms with van der Waals surface area (Å²) in [5.74, 6) is 0. The van der Waals surface area contributed by atoms with Crippen LogP contribution in [0.2, 0.25) is 0 Å². The molecule has 1 aromatic carbocycles. The van der Waals surface area contributed by atoms with Crippen LogP contribution < -0.4 is 0 Å². The molecule has 0 N–H and O–H groups in total. The molecule has 0 atom stereocenters. The van der Waals surface area contributed by atoms with Crippen LogP contribution >= 0.6 is 11.9 Å². The maximum absolute atomic E-state index is 4.74. The molecule has 0 saturated heterocycles. The van der Waals surface area contributed by atoms with Crippen molar-refractivity contribution < 1.29 is 0 Å². The van der Waals surface area contributed by atoms with E-state index in [-0.39, 0.29) is 0 Å². The van der Waals surface area contributed by atoms with E-state index >= 15 is 0 Å². The van der Waals surface area contributed by atoms with Gasteiger partial charge in [-0.1, -0.05) is 19.1 Å².